The van der Waals surface area contributed by atoms with Crippen molar-refractivity contribution in [3.8, 4) is 23.0 Å². The second-order valence-corrected chi connectivity index (χ2v) is 7.55. The van der Waals surface area contributed by atoms with Crippen LogP contribution in [-0.2, 0) is 16.1 Å². The first-order valence-electron chi connectivity index (χ1n) is 10.4. The Hall–Kier alpha value is -3.42. The van der Waals surface area contributed by atoms with Crippen LogP contribution in [0.1, 0.15) is 26.3 Å². The lowest BCUT2D eigenvalue weighted by Gasteiger charge is -2.29. The number of hydrogen-bond donors (Lipinski definition) is 1. The summed E-state index contributed by atoms with van der Waals surface area (Å²) in [5.74, 6) is 1.62. The minimum Gasteiger partial charge on any atom is -0.497 e. The van der Waals surface area contributed by atoms with Crippen molar-refractivity contribution in [3.05, 3.63) is 48.0 Å². The minimum atomic E-state index is -0.695. The van der Waals surface area contributed by atoms with E-state index in [1.807, 2.05) is 38.1 Å². The number of amides is 2. The van der Waals surface area contributed by atoms with E-state index < -0.39 is 6.04 Å². The van der Waals surface area contributed by atoms with Crippen molar-refractivity contribution >= 4 is 11.8 Å². The van der Waals surface area contributed by atoms with Gasteiger partial charge in [-0.3, -0.25) is 9.59 Å². The highest BCUT2D eigenvalue weighted by Crippen LogP contribution is 2.27. The van der Waals surface area contributed by atoms with E-state index >= 15 is 0 Å². The van der Waals surface area contributed by atoms with E-state index in [9.17, 15) is 9.59 Å². The maximum Gasteiger partial charge on any atom is 0.261 e. The van der Waals surface area contributed by atoms with Gasteiger partial charge in [-0.25, -0.2) is 0 Å². The highest BCUT2D eigenvalue weighted by atomic mass is 16.5. The van der Waals surface area contributed by atoms with E-state index in [0.29, 0.717) is 23.0 Å². The number of carbonyl (C=O) groups excluding carboxylic acids is 2. The topological polar surface area (TPSA) is 86.3 Å². The molecule has 0 spiro atoms. The summed E-state index contributed by atoms with van der Waals surface area (Å²) in [5, 5.41) is 2.86. The van der Waals surface area contributed by atoms with E-state index in [-0.39, 0.29) is 31.0 Å². The van der Waals surface area contributed by atoms with Gasteiger partial charge in [0.2, 0.25) is 5.91 Å². The summed E-state index contributed by atoms with van der Waals surface area (Å²) in [6.07, 6.45) is 0. The van der Waals surface area contributed by atoms with Gasteiger partial charge in [-0.05, 0) is 38.5 Å². The van der Waals surface area contributed by atoms with Crippen LogP contribution in [0.4, 0.5) is 0 Å². The van der Waals surface area contributed by atoms with Crippen molar-refractivity contribution < 1.29 is 28.5 Å². The quantitative estimate of drug-likeness (QED) is 0.573. The third-order valence-electron chi connectivity index (χ3n) is 4.77. The van der Waals surface area contributed by atoms with Gasteiger partial charge in [-0.1, -0.05) is 12.1 Å². The number of nitrogens with zero attached hydrogens (tertiary/aromatic N) is 1. The summed E-state index contributed by atoms with van der Waals surface area (Å²) in [6.45, 7) is 5.42. The zero-order valence-corrected chi connectivity index (χ0v) is 19.5. The zero-order valence-electron chi connectivity index (χ0n) is 19.5. The molecule has 8 nitrogen and oxygen atoms in total. The van der Waals surface area contributed by atoms with Gasteiger partial charge in [0.25, 0.3) is 5.91 Å². The van der Waals surface area contributed by atoms with Crippen LogP contribution in [-0.4, -0.2) is 56.7 Å². The fraction of sp³-hybridized carbons (Fsp3) is 0.417. The molecule has 0 fully saturated rings. The first-order chi connectivity index (χ1) is 15.3. The number of hydrogen-bond acceptors (Lipinski definition) is 6. The summed E-state index contributed by atoms with van der Waals surface area (Å²) in [5.41, 5.74) is 0.838. The van der Waals surface area contributed by atoms with Gasteiger partial charge in [0.15, 0.2) is 6.61 Å². The SMILES string of the molecule is COc1cccc(CN(C(=O)COc2cc(OC)cc(OC)c2)[C@H](C)C(=O)NC(C)C)c1. The molecule has 0 radical (unpaired) electrons. The van der Waals surface area contributed by atoms with Gasteiger partial charge in [-0.15, -0.1) is 0 Å². The van der Waals surface area contributed by atoms with Crippen molar-refractivity contribution in [2.45, 2.75) is 39.4 Å². The molecular weight excluding hydrogens is 412 g/mol. The molecule has 2 aromatic rings. The standard InChI is InChI=1S/C24H32N2O6/c1-16(2)25-24(28)17(3)26(14-18-8-7-9-19(10-18)29-4)23(27)15-32-22-12-20(30-5)11-21(13-22)31-6/h7-13,16-17H,14-15H2,1-6H3,(H,25,28)/t17-/m1/s1. The number of methoxy groups -OCH3 is 3. The Kier molecular flexibility index (Phi) is 9.19. The molecule has 8 heteroatoms. The first kappa shape index (κ1) is 24.8. The van der Waals surface area contributed by atoms with Crippen LogP contribution in [0, 0.1) is 0 Å². The number of nitrogens with one attached hydrogen (secondary N) is 1. The lowest BCUT2D eigenvalue weighted by molar-refractivity contribution is -0.142. The molecule has 174 valence electrons. The molecule has 2 aromatic carbocycles. The highest BCUT2D eigenvalue weighted by Gasteiger charge is 2.27. The second kappa shape index (κ2) is 11.8. The van der Waals surface area contributed by atoms with Gasteiger partial charge in [-0.2, -0.15) is 0 Å². The van der Waals surface area contributed by atoms with Crippen LogP contribution in [0.3, 0.4) is 0 Å². The zero-order chi connectivity index (χ0) is 23.7. The summed E-state index contributed by atoms with van der Waals surface area (Å²) < 4.78 is 21.5. The number of ether oxygens (including phenoxy) is 4. The molecular formula is C24H32N2O6. The Morgan fingerprint density at radius 3 is 2.03 bits per heavy atom. The average Bonchev–Trinajstić information content (AvgIpc) is 2.79. The van der Waals surface area contributed by atoms with Crippen molar-refractivity contribution in [2.24, 2.45) is 0 Å². The maximum absolute atomic E-state index is 13.1. The summed E-state index contributed by atoms with van der Waals surface area (Å²) in [4.78, 5) is 27.3. The van der Waals surface area contributed by atoms with Gasteiger partial charge < -0.3 is 29.2 Å². The molecule has 0 saturated heterocycles. The molecule has 2 amide bonds. The first-order valence-corrected chi connectivity index (χ1v) is 10.4. The molecule has 1 atom stereocenters. The van der Waals surface area contributed by atoms with Crippen LogP contribution in [0.5, 0.6) is 23.0 Å². The van der Waals surface area contributed by atoms with Gasteiger partial charge in [0, 0.05) is 30.8 Å². The average molecular weight is 445 g/mol. The number of rotatable bonds is 11. The fourth-order valence-electron chi connectivity index (χ4n) is 3.05. The molecule has 0 aromatic heterocycles. The smallest absolute Gasteiger partial charge is 0.261 e. The van der Waals surface area contributed by atoms with Crippen LogP contribution >= 0.6 is 0 Å². The molecule has 1 N–H and O–H groups in total. The second-order valence-electron chi connectivity index (χ2n) is 7.55. The van der Waals surface area contributed by atoms with E-state index in [0.717, 1.165) is 5.56 Å². The van der Waals surface area contributed by atoms with E-state index in [1.165, 1.54) is 19.1 Å². The Labute approximate surface area is 189 Å². The summed E-state index contributed by atoms with van der Waals surface area (Å²) in [7, 11) is 4.65. The molecule has 0 bridgehead atoms. The molecule has 0 aliphatic carbocycles. The number of carbonyl (C=O) groups is 2. The summed E-state index contributed by atoms with van der Waals surface area (Å²) >= 11 is 0. The van der Waals surface area contributed by atoms with E-state index in [4.69, 9.17) is 18.9 Å². The molecule has 2 rings (SSSR count). The Balaban J connectivity index is 2.21. The van der Waals surface area contributed by atoms with E-state index in [2.05, 4.69) is 5.32 Å². The molecule has 0 saturated carbocycles. The van der Waals surface area contributed by atoms with Crippen molar-refractivity contribution in [3.63, 3.8) is 0 Å². The Morgan fingerprint density at radius 2 is 1.47 bits per heavy atom. The predicted molar refractivity (Wildman–Crippen MR) is 121 cm³/mol. The largest absolute Gasteiger partial charge is 0.497 e. The molecule has 0 aliphatic rings. The van der Waals surface area contributed by atoms with Crippen LogP contribution in [0.15, 0.2) is 42.5 Å². The predicted octanol–water partition coefficient (Wildman–Crippen LogP) is 3.03. The van der Waals surface area contributed by atoms with Gasteiger partial charge >= 0.3 is 0 Å². The van der Waals surface area contributed by atoms with Crippen molar-refractivity contribution in [1.82, 2.24) is 10.2 Å². The molecule has 0 heterocycles. The molecule has 32 heavy (non-hydrogen) atoms. The lowest BCUT2D eigenvalue weighted by atomic mass is 10.1. The molecule has 0 unspecified atom stereocenters. The van der Waals surface area contributed by atoms with Gasteiger partial charge in [0.05, 0.1) is 21.3 Å². The molecule has 0 aliphatic heterocycles. The Bertz CT molecular complexity index is 893. The van der Waals surface area contributed by atoms with Crippen molar-refractivity contribution in [2.75, 3.05) is 27.9 Å². The van der Waals surface area contributed by atoms with E-state index in [1.54, 1.807) is 32.2 Å². The normalized spacial score (nSPS) is 11.5. The maximum atomic E-state index is 13.1. The third-order valence-corrected chi connectivity index (χ3v) is 4.77. The highest BCUT2D eigenvalue weighted by molar-refractivity contribution is 5.88. The summed E-state index contributed by atoms with van der Waals surface area (Å²) in [6, 6.07) is 11.7. The van der Waals surface area contributed by atoms with Gasteiger partial charge in [0.1, 0.15) is 29.0 Å². The number of benzene rings is 2. The van der Waals surface area contributed by atoms with Crippen LogP contribution < -0.4 is 24.3 Å². The lowest BCUT2D eigenvalue weighted by Crippen LogP contribution is -2.50. The minimum absolute atomic E-state index is 0.0424. The Morgan fingerprint density at radius 1 is 0.875 bits per heavy atom. The van der Waals surface area contributed by atoms with Crippen LogP contribution in [0.2, 0.25) is 0 Å². The monoisotopic (exact) mass is 444 g/mol. The van der Waals surface area contributed by atoms with Crippen LogP contribution in [0.25, 0.3) is 0 Å². The fourth-order valence-corrected chi connectivity index (χ4v) is 3.05. The van der Waals surface area contributed by atoms with Crippen molar-refractivity contribution in [1.29, 1.82) is 0 Å². The third kappa shape index (κ3) is 7.08.